The first-order chi connectivity index (χ1) is 10.6. The van der Waals surface area contributed by atoms with Crippen molar-refractivity contribution in [1.82, 2.24) is 0 Å². The molecule has 0 unspecified atom stereocenters. The van der Waals surface area contributed by atoms with Crippen LogP contribution in [0, 0.1) is 5.39 Å². The van der Waals surface area contributed by atoms with E-state index in [1.54, 1.807) is 18.2 Å². The van der Waals surface area contributed by atoms with Gasteiger partial charge in [0.2, 0.25) is 11.1 Å². The number of hydrogen-bond acceptors (Lipinski definition) is 3. The van der Waals surface area contributed by atoms with Crippen LogP contribution in [0.15, 0.2) is 36.4 Å². The molecule has 2 aromatic carbocycles. The van der Waals surface area contributed by atoms with E-state index in [0.29, 0.717) is 21.5 Å². The average molecular weight is 369 g/mol. The van der Waals surface area contributed by atoms with Crippen LogP contribution < -0.4 is 4.74 Å². The lowest BCUT2D eigenvalue weighted by molar-refractivity contribution is 0.368. The first kappa shape index (κ1) is 18.9. The number of benzene rings is 2. The molecule has 2 aromatic rings. The van der Waals surface area contributed by atoms with E-state index in [1.165, 1.54) is 18.2 Å². The second-order valence-corrected chi connectivity index (χ2v) is 4.77. The predicted octanol–water partition coefficient (Wildman–Crippen LogP) is 6.28. The molecular weight excluding hydrogens is 362 g/mol. The van der Waals surface area contributed by atoms with E-state index in [0.717, 1.165) is 0 Å². The third-order valence-corrected chi connectivity index (χ3v) is 2.71. The van der Waals surface area contributed by atoms with Gasteiger partial charge in [-0.2, -0.15) is 0 Å². The van der Waals surface area contributed by atoms with Gasteiger partial charge in [0, 0.05) is 5.02 Å². The summed E-state index contributed by atoms with van der Waals surface area (Å²) in [6.07, 6.45) is 0. The lowest BCUT2D eigenvalue weighted by Crippen LogP contribution is -2.02. The summed E-state index contributed by atoms with van der Waals surface area (Å²) in [4.78, 5) is 2.92. The van der Waals surface area contributed by atoms with Gasteiger partial charge in [-0.05, 0) is 30.3 Å². The van der Waals surface area contributed by atoms with Gasteiger partial charge in [-0.3, -0.25) is 0 Å². The summed E-state index contributed by atoms with van der Waals surface area (Å²) < 4.78 is 44.5. The number of hydrogen-bond donors (Lipinski definition) is 1. The highest BCUT2D eigenvalue weighted by molar-refractivity contribution is 6.50. The molecule has 122 valence electrons. The Morgan fingerprint density at radius 1 is 1.04 bits per heavy atom. The van der Waals surface area contributed by atoms with Gasteiger partial charge in [-0.25, -0.2) is 0 Å². The molecular formula is C12H7BCl2F4N2O2. The fourth-order valence-corrected chi connectivity index (χ4v) is 1.78. The highest BCUT2D eigenvalue weighted by Gasteiger charge is 2.20. The molecule has 23 heavy (non-hydrogen) atoms. The van der Waals surface area contributed by atoms with Gasteiger partial charge in [0.15, 0.2) is 4.98 Å². The quantitative estimate of drug-likeness (QED) is 0.385. The van der Waals surface area contributed by atoms with Crippen molar-refractivity contribution in [2.24, 2.45) is 0 Å². The van der Waals surface area contributed by atoms with E-state index in [9.17, 15) is 22.4 Å². The maximum Gasteiger partial charge on any atom is 0.673 e. The smallest absolute Gasteiger partial charge is 0.501 e. The molecule has 0 spiro atoms. The fourth-order valence-electron chi connectivity index (χ4n) is 1.33. The molecule has 0 bridgehead atoms. The first-order valence-electron chi connectivity index (χ1n) is 5.78. The lowest BCUT2D eigenvalue weighted by Gasteiger charge is -2.06. The van der Waals surface area contributed by atoms with Gasteiger partial charge in [0.1, 0.15) is 11.5 Å². The predicted molar refractivity (Wildman–Crippen MR) is 79.6 cm³/mol. The van der Waals surface area contributed by atoms with Crippen molar-refractivity contribution < 1.29 is 27.1 Å². The molecule has 1 N–H and O–H groups in total. The van der Waals surface area contributed by atoms with Crippen LogP contribution in [0.2, 0.25) is 10.0 Å². The minimum Gasteiger partial charge on any atom is -0.501 e. The normalized spacial score (nSPS) is 10.3. The van der Waals surface area contributed by atoms with Crippen molar-refractivity contribution in [3.05, 3.63) is 51.4 Å². The van der Waals surface area contributed by atoms with Crippen LogP contribution in [0.1, 0.15) is 0 Å². The Kier molecular flexibility index (Phi) is 6.48. The second-order valence-electron chi connectivity index (χ2n) is 3.92. The number of nitrogens with zero attached hydrogens (tertiary/aromatic N) is 2. The van der Waals surface area contributed by atoms with Gasteiger partial charge < -0.3 is 27.1 Å². The molecule has 0 saturated carbocycles. The van der Waals surface area contributed by atoms with Crippen molar-refractivity contribution in [3.8, 4) is 17.2 Å². The van der Waals surface area contributed by atoms with E-state index in [1.807, 2.05) is 0 Å². The SMILES string of the molecule is F[B-](F)(F)F.N#[N+]c1cc(Oc2ccc(Cl)cc2Cl)ccc1O. The summed E-state index contributed by atoms with van der Waals surface area (Å²) in [5, 5.41) is 18.9. The summed E-state index contributed by atoms with van der Waals surface area (Å²) in [5.74, 6) is 0.646. The van der Waals surface area contributed by atoms with Crippen molar-refractivity contribution in [1.29, 1.82) is 5.39 Å². The zero-order chi connectivity index (χ0) is 17.6. The van der Waals surface area contributed by atoms with Crippen LogP contribution in [-0.4, -0.2) is 12.4 Å². The zero-order valence-corrected chi connectivity index (χ0v) is 12.6. The molecule has 2 rings (SSSR count). The molecule has 0 fully saturated rings. The number of aromatic hydroxyl groups is 1. The lowest BCUT2D eigenvalue weighted by atomic mass is 10.3. The molecule has 0 aromatic heterocycles. The standard InChI is InChI=1S/C12H6Cl2N2O2.BF4/c13-7-1-4-12(9(14)5-7)18-8-2-3-11(17)10(6-8)16-15;2-1(3,4)5/h1-6H;/q;-1/p+1. The van der Waals surface area contributed by atoms with Gasteiger partial charge >= 0.3 is 12.9 Å². The number of halogens is 6. The average Bonchev–Trinajstić information content (AvgIpc) is 2.42. The Balaban J connectivity index is 0.000000463. The topological polar surface area (TPSA) is 57.6 Å². The van der Waals surface area contributed by atoms with Crippen LogP contribution in [0.5, 0.6) is 17.2 Å². The Bertz CT molecular complexity index is 732. The third-order valence-electron chi connectivity index (χ3n) is 2.18. The van der Waals surface area contributed by atoms with E-state index < -0.39 is 7.25 Å². The van der Waals surface area contributed by atoms with Gasteiger partial charge in [-0.1, -0.05) is 23.2 Å². The molecule has 0 aliphatic heterocycles. The van der Waals surface area contributed by atoms with Crippen LogP contribution in [0.25, 0.3) is 4.98 Å². The van der Waals surface area contributed by atoms with Crippen LogP contribution in [0.4, 0.5) is 23.0 Å². The number of rotatable bonds is 2. The molecule has 11 heteroatoms. The molecule has 0 amide bonds. The number of ether oxygens (including phenoxy) is 1. The number of phenols is 1. The highest BCUT2D eigenvalue weighted by atomic mass is 35.5. The van der Waals surface area contributed by atoms with Crippen LogP contribution >= 0.6 is 23.2 Å². The summed E-state index contributed by atoms with van der Waals surface area (Å²) in [6.45, 7) is 0. The highest BCUT2D eigenvalue weighted by Crippen LogP contribution is 2.35. The third kappa shape index (κ3) is 7.08. The Morgan fingerprint density at radius 2 is 1.65 bits per heavy atom. The van der Waals surface area contributed by atoms with Gasteiger partial charge in [-0.15, -0.1) is 0 Å². The van der Waals surface area contributed by atoms with Crippen molar-refractivity contribution in [3.63, 3.8) is 0 Å². The second kappa shape index (κ2) is 7.90. The summed E-state index contributed by atoms with van der Waals surface area (Å²) in [5.41, 5.74) is 0.0117. The van der Waals surface area contributed by atoms with E-state index in [2.05, 4.69) is 4.98 Å². The summed E-state index contributed by atoms with van der Waals surface area (Å²) in [7, 11) is -6.00. The summed E-state index contributed by atoms with van der Waals surface area (Å²) >= 11 is 11.7. The van der Waals surface area contributed by atoms with Crippen molar-refractivity contribution in [2.75, 3.05) is 0 Å². The Labute approximate surface area is 137 Å². The Morgan fingerprint density at radius 3 is 2.17 bits per heavy atom. The maximum absolute atomic E-state index is 9.75. The molecule has 4 nitrogen and oxygen atoms in total. The van der Waals surface area contributed by atoms with E-state index >= 15 is 0 Å². The van der Waals surface area contributed by atoms with E-state index in [-0.39, 0.29) is 11.4 Å². The minimum atomic E-state index is -6.00. The largest absolute Gasteiger partial charge is 0.673 e. The summed E-state index contributed by atoms with van der Waals surface area (Å²) in [6, 6.07) is 9.06. The monoisotopic (exact) mass is 368 g/mol. The van der Waals surface area contributed by atoms with E-state index in [4.69, 9.17) is 33.3 Å². The van der Waals surface area contributed by atoms with Crippen LogP contribution in [-0.2, 0) is 0 Å². The van der Waals surface area contributed by atoms with Crippen molar-refractivity contribution >= 4 is 36.1 Å². The first-order valence-corrected chi connectivity index (χ1v) is 6.54. The van der Waals surface area contributed by atoms with Gasteiger partial charge in [0.05, 0.1) is 11.1 Å². The molecule has 0 heterocycles. The maximum atomic E-state index is 9.75. The molecule has 0 atom stereocenters. The van der Waals surface area contributed by atoms with Crippen LogP contribution in [0.3, 0.4) is 0 Å². The molecule has 0 aliphatic rings. The number of phenolic OH excluding ortho intramolecular Hbond substituents is 1. The minimum absolute atomic E-state index is 0.0117. The molecule has 0 aliphatic carbocycles. The molecule has 0 saturated heterocycles. The van der Waals surface area contributed by atoms with Gasteiger partial charge in [0.25, 0.3) is 0 Å². The molecule has 0 radical (unpaired) electrons. The number of diazo groups is 1. The van der Waals surface area contributed by atoms with Crippen molar-refractivity contribution in [2.45, 2.75) is 0 Å². The Hall–Kier alpha value is -2.18. The fraction of sp³-hybridized carbons (Fsp3) is 0. The zero-order valence-electron chi connectivity index (χ0n) is 11.1.